The van der Waals surface area contributed by atoms with Crippen molar-refractivity contribution in [2.24, 2.45) is 5.92 Å². The summed E-state index contributed by atoms with van der Waals surface area (Å²) in [6.45, 7) is 7.03. The van der Waals surface area contributed by atoms with E-state index >= 15 is 0 Å². The zero-order chi connectivity index (χ0) is 26.4. The van der Waals surface area contributed by atoms with E-state index in [0.717, 1.165) is 11.8 Å². The molecule has 0 spiro atoms. The third-order valence-electron chi connectivity index (χ3n) is 9.31. The van der Waals surface area contributed by atoms with Crippen molar-refractivity contribution in [3.05, 3.63) is 34.9 Å². The lowest BCUT2D eigenvalue weighted by Gasteiger charge is -2.24. The molecule has 0 saturated heterocycles. The van der Waals surface area contributed by atoms with Gasteiger partial charge < -0.3 is 0 Å². The average Bonchev–Trinajstić information content (AvgIpc) is 3.18. The fourth-order valence-electron chi connectivity index (χ4n) is 7.09. The third-order valence-corrected chi connectivity index (χ3v) is 9.31. The lowest BCUT2D eigenvalue weighted by molar-refractivity contribution is 0.392. The van der Waals surface area contributed by atoms with E-state index in [1.165, 1.54) is 167 Å². The van der Waals surface area contributed by atoms with Gasteiger partial charge in [0, 0.05) is 0 Å². The van der Waals surface area contributed by atoms with Gasteiger partial charge in [-0.3, -0.25) is 0 Å². The minimum absolute atomic E-state index is 0.798. The number of benzene rings is 1. The van der Waals surface area contributed by atoms with Crippen LogP contribution < -0.4 is 0 Å². The quantitative estimate of drug-likeness (QED) is 0.107. The van der Waals surface area contributed by atoms with Crippen LogP contribution in [0.2, 0.25) is 0 Å². The van der Waals surface area contributed by atoms with Gasteiger partial charge in [-0.1, -0.05) is 180 Å². The van der Waals surface area contributed by atoms with Crippen LogP contribution >= 0.6 is 0 Å². The Morgan fingerprint density at radius 1 is 0.595 bits per heavy atom. The molecule has 0 N–H and O–H groups in total. The van der Waals surface area contributed by atoms with Gasteiger partial charge in [0.25, 0.3) is 0 Å². The van der Waals surface area contributed by atoms with Gasteiger partial charge in [-0.2, -0.15) is 0 Å². The van der Waals surface area contributed by atoms with Crippen molar-refractivity contribution < 1.29 is 0 Å². The zero-order valence-electron chi connectivity index (χ0n) is 25.8. The SMILES string of the molecule is CCCCCCCCCCCCCCC(CCCC1CCCCCC1)c1cccc(CCC)c1CCC. The fraction of sp³-hybridized carbons (Fsp3) is 0.838. The summed E-state index contributed by atoms with van der Waals surface area (Å²) in [5, 5.41) is 0. The van der Waals surface area contributed by atoms with Gasteiger partial charge in [0.2, 0.25) is 0 Å². The number of unbranched alkanes of at least 4 members (excludes halogenated alkanes) is 11. The molecule has 2 rings (SSSR count). The van der Waals surface area contributed by atoms with Crippen molar-refractivity contribution in [2.75, 3.05) is 0 Å². The summed E-state index contributed by atoms with van der Waals surface area (Å²) in [5.41, 5.74) is 5.15. The normalized spacial score (nSPS) is 15.6. The molecule has 1 aromatic rings. The fourth-order valence-corrected chi connectivity index (χ4v) is 7.09. The molecule has 1 aromatic carbocycles. The third kappa shape index (κ3) is 14.3. The Morgan fingerprint density at radius 3 is 1.76 bits per heavy atom. The highest BCUT2D eigenvalue weighted by atomic mass is 14.2. The standard InChI is InChI=1S/C37H66/c1-4-7-8-9-10-11-12-13-14-15-16-21-29-35(30-22-28-33-26-19-17-18-20-27-33)37-32-23-31-34(24-5-2)36(37)25-6-3/h23,31-33,35H,4-22,24-30H2,1-3H3. The smallest absolute Gasteiger partial charge is 0.0159 e. The van der Waals surface area contributed by atoms with Crippen LogP contribution in [0.25, 0.3) is 0 Å². The first-order valence-electron chi connectivity index (χ1n) is 17.4. The van der Waals surface area contributed by atoms with Crippen molar-refractivity contribution in [3.8, 4) is 0 Å². The highest BCUT2D eigenvalue weighted by molar-refractivity contribution is 5.38. The molecule has 37 heavy (non-hydrogen) atoms. The predicted molar refractivity (Wildman–Crippen MR) is 168 cm³/mol. The molecule has 0 bridgehead atoms. The van der Waals surface area contributed by atoms with Gasteiger partial charge in [0.05, 0.1) is 0 Å². The van der Waals surface area contributed by atoms with Gasteiger partial charge in [-0.05, 0) is 54.2 Å². The zero-order valence-corrected chi connectivity index (χ0v) is 25.8. The summed E-state index contributed by atoms with van der Waals surface area (Å²) in [7, 11) is 0. The minimum atomic E-state index is 0.798. The van der Waals surface area contributed by atoms with Crippen LogP contribution in [0.3, 0.4) is 0 Å². The first kappa shape index (κ1) is 32.4. The summed E-state index contributed by atoms with van der Waals surface area (Å²) in [6.07, 6.45) is 37.3. The summed E-state index contributed by atoms with van der Waals surface area (Å²) in [5.74, 6) is 1.82. The van der Waals surface area contributed by atoms with E-state index in [2.05, 4.69) is 39.0 Å². The molecule has 214 valence electrons. The monoisotopic (exact) mass is 511 g/mol. The second kappa shape index (κ2) is 22.1. The van der Waals surface area contributed by atoms with Crippen molar-refractivity contribution in [3.63, 3.8) is 0 Å². The summed E-state index contributed by atoms with van der Waals surface area (Å²) < 4.78 is 0. The molecule has 1 unspecified atom stereocenters. The Bertz CT molecular complexity index is 635. The molecule has 0 nitrogen and oxygen atoms in total. The van der Waals surface area contributed by atoms with E-state index in [4.69, 9.17) is 0 Å². The van der Waals surface area contributed by atoms with Crippen LogP contribution in [0, 0.1) is 5.92 Å². The number of rotatable bonds is 22. The summed E-state index contributed by atoms with van der Waals surface area (Å²) >= 11 is 0. The van der Waals surface area contributed by atoms with E-state index < -0.39 is 0 Å². The highest BCUT2D eigenvalue weighted by Crippen LogP contribution is 2.35. The molecule has 0 heterocycles. The van der Waals surface area contributed by atoms with Gasteiger partial charge in [0.15, 0.2) is 0 Å². The molecule has 1 saturated carbocycles. The van der Waals surface area contributed by atoms with Crippen LogP contribution in [0.15, 0.2) is 18.2 Å². The molecular weight excluding hydrogens is 444 g/mol. The topological polar surface area (TPSA) is 0 Å². The van der Waals surface area contributed by atoms with Crippen molar-refractivity contribution in [1.29, 1.82) is 0 Å². The molecule has 1 aliphatic rings. The van der Waals surface area contributed by atoms with Crippen LogP contribution in [-0.2, 0) is 12.8 Å². The van der Waals surface area contributed by atoms with E-state index in [0.29, 0.717) is 0 Å². The second-order valence-electron chi connectivity index (χ2n) is 12.6. The first-order valence-corrected chi connectivity index (χ1v) is 17.4. The largest absolute Gasteiger partial charge is 0.0654 e. The van der Waals surface area contributed by atoms with E-state index in [1.807, 2.05) is 0 Å². The van der Waals surface area contributed by atoms with Crippen LogP contribution in [0.5, 0.6) is 0 Å². The summed E-state index contributed by atoms with van der Waals surface area (Å²) in [6, 6.07) is 7.35. The van der Waals surface area contributed by atoms with E-state index in [9.17, 15) is 0 Å². The molecular formula is C37H66. The lowest BCUT2D eigenvalue weighted by Crippen LogP contribution is -2.08. The maximum Gasteiger partial charge on any atom is -0.0159 e. The maximum atomic E-state index is 2.53. The van der Waals surface area contributed by atoms with Gasteiger partial charge in [-0.25, -0.2) is 0 Å². The molecule has 1 aliphatic carbocycles. The Morgan fingerprint density at radius 2 is 1.16 bits per heavy atom. The predicted octanol–water partition coefficient (Wildman–Crippen LogP) is 12.9. The number of hydrogen-bond acceptors (Lipinski definition) is 0. The van der Waals surface area contributed by atoms with Gasteiger partial charge in [-0.15, -0.1) is 0 Å². The number of hydrogen-bond donors (Lipinski definition) is 0. The molecule has 0 amide bonds. The molecule has 0 heteroatoms. The molecule has 0 aromatic heterocycles. The van der Waals surface area contributed by atoms with Crippen LogP contribution in [-0.4, -0.2) is 0 Å². The Hall–Kier alpha value is -0.780. The molecule has 1 atom stereocenters. The van der Waals surface area contributed by atoms with Crippen molar-refractivity contribution >= 4 is 0 Å². The van der Waals surface area contributed by atoms with Crippen molar-refractivity contribution in [2.45, 2.75) is 194 Å². The Kier molecular flexibility index (Phi) is 19.4. The number of aryl methyl sites for hydroxylation is 1. The van der Waals surface area contributed by atoms with Crippen LogP contribution in [0.4, 0.5) is 0 Å². The Balaban J connectivity index is 1.83. The van der Waals surface area contributed by atoms with E-state index in [1.54, 1.807) is 16.7 Å². The van der Waals surface area contributed by atoms with Gasteiger partial charge in [0.1, 0.15) is 0 Å². The van der Waals surface area contributed by atoms with Crippen LogP contribution in [0.1, 0.15) is 197 Å². The second-order valence-corrected chi connectivity index (χ2v) is 12.6. The highest BCUT2D eigenvalue weighted by Gasteiger charge is 2.19. The van der Waals surface area contributed by atoms with Gasteiger partial charge >= 0.3 is 0 Å². The van der Waals surface area contributed by atoms with E-state index in [-0.39, 0.29) is 0 Å². The first-order chi connectivity index (χ1) is 18.3. The summed E-state index contributed by atoms with van der Waals surface area (Å²) in [4.78, 5) is 0. The molecule has 0 aliphatic heterocycles. The van der Waals surface area contributed by atoms with Crippen molar-refractivity contribution in [1.82, 2.24) is 0 Å². The Labute approximate surface area is 234 Å². The lowest BCUT2D eigenvalue weighted by atomic mass is 9.81. The average molecular weight is 511 g/mol. The minimum Gasteiger partial charge on any atom is -0.0654 e. The molecule has 0 radical (unpaired) electrons. The maximum absolute atomic E-state index is 2.53. The molecule has 1 fully saturated rings.